The van der Waals surface area contributed by atoms with E-state index in [0.29, 0.717) is 12.5 Å². The molecule has 1 aliphatic rings. The van der Waals surface area contributed by atoms with Crippen molar-refractivity contribution in [2.45, 2.75) is 45.1 Å². The van der Waals surface area contributed by atoms with Gasteiger partial charge in [-0.05, 0) is 25.2 Å². The zero-order chi connectivity index (χ0) is 9.97. The van der Waals surface area contributed by atoms with Crippen LogP contribution in [0.25, 0.3) is 0 Å². The van der Waals surface area contributed by atoms with Gasteiger partial charge in [0.2, 0.25) is 0 Å². The van der Waals surface area contributed by atoms with E-state index in [-0.39, 0.29) is 0 Å². The molecule has 2 rings (SSSR count). The van der Waals surface area contributed by atoms with E-state index in [1.54, 1.807) is 0 Å². The van der Waals surface area contributed by atoms with Crippen molar-refractivity contribution >= 4 is 0 Å². The van der Waals surface area contributed by atoms with E-state index in [1.165, 1.54) is 25.7 Å². The highest BCUT2D eigenvalue weighted by atomic mass is 14.9. The summed E-state index contributed by atoms with van der Waals surface area (Å²) in [6, 6.07) is 0. The average molecular weight is 193 g/mol. The van der Waals surface area contributed by atoms with Gasteiger partial charge in [0.1, 0.15) is 5.82 Å². The fraction of sp³-hybridized carbons (Fsp3) is 0.727. The zero-order valence-corrected chi connectivity index (χ0v) is 8.79. The second-order valence-corrected chi connectivity index (χ2v) is 4.28. The van der Waals surface area contributed by atoms with E-state index in [4.69, 9.17) is 5.73 Å². The smallest absolute Gasteiger partial charge is 0.109 e. The zero-order valence-electron chi connectivity index (χ0n) is 8.79. The molecule has 1 aromatic heterocycles. The lowest BCUT2D eigenvalue weighted by Gasteiger charge is -2.06. The molecule has 1 heterocycles. The summed E-state index contributed by atoms with van der Waals surface area (Å²) in [5.41, 5.74) is 6.60. The monoisotopic (exact) mass is 193 g/mol. The van der Waals surface area contributed by atoms with Gasteiger partial charge in [-0.2, -0.15) is 0 Å². The fourth-order valence-electron chi connectivity index (χ4n) is 2.38. The van der Waals surface area contributed by atoms with Crippen LogP contribution in [0.3, 0.4) is 0 Å². The molecule has 78 valence electrons. The molecule has 1 saturated carbocycles. The van der Waals surface area contributed by atoms with E-state index >= 15 is 0 Å². The second-order valence-electron chi connectivity index (χ2n) is 4.28. The lowest BCUT2D eigenvalue weighted by Crippen LogP contribution is -1.99. The van der Waals surface area contributed by atoms with Gasteiger partial charge in [-0.1, -0.05) is 13.3 Å². The van der Waals surface area contributed by atoms with E-state index in [2.05, 4.69) is 16.9 Å². The summed E-state index contributed by atoms with van der Waals surface area (Å²) < 4.78 is 0. The highest BCUT2D eigenvalue weighted by Gasteiger charge is 2.26. The third-order valence-corrected chi connectivity index (χ3v) is 3.37. The number of rotatable bonds is 3. The Bertz CT molecular complexity index is 292. The Morgan fingerprint density at radius 2 is 2.43 bits per heavy atom. The standard InChI is InChI=1S/C11H19N3/c1-2-8-3-4-9(5-8)11-13-7-10(6-12)14-11/h7-9H,2-6,12H2,1H3,(H,13,14). The van der Waals surface area contributed by atoms with Crippen LogP contribution in [0.1, 0.15) is 50.0 Å². The lowest BCUT2D eigenvalue weighted by atomic mass is 10.0. The molecule has 0 saturated heterocycles. The van der Waals surface area contributed by atoms with Crippen molar-refractivity contribution in [3.05, 3.63) is 17.7 Å². The predicted molar refractivity (Wildman–Crippen MR) is 56.9 cm³/mol. The number of aromatic nitrogens is 2. The Morgan fingerprint density at radius 3 is 3.00 bits per heavy atom. The minimum Gasteiger partial charge on any atom is -0.345 e. The Kier molecular flexibility index (Phi) is 2.87. The van der Waals surface area contributed by atoms with Gasteiger partial charge in [0.25, 0.3) is 0 Å². The number of hydrogen-bond acceptors (Lipinski definition) is 2. The molecule has 0 aliphatic heterocycles. The first-order valence-corrected chi connectivity index (χ1v) is 5.57. The minimum atomic E-state index is 0.566. The topological polar surface area (TPSA) is 54.7 Å². The van der Waals surface area contributed by atoms with Gasteiger partial charge >= 0.3 is 0 Å². The van der Waals surface area contributed by atoms with Gasteiger partial charge in [-0.3, -0.25) is 0 Å². The summed E-state index contributed by atoms with van der Waals surface area (Å²) in [7, 11) is 0. The number of H-pyrrole nitrogens is 1. The van der Waals surface area contributed by atoms with Crippen molar-refractivity contribution in [3.8, 4) is 0 Å². The maximum absolute atomic E-state index is 5.54. The molecule has 0 spiro atoms. The molecule has 14 heavy (non-hydrogen) atoms. The van der Waals surface area contributed by atoms with E-state index in [1.807, 2.05) is 6.20 Å². The number of nitrogens with one attached hydrogen (secondary N) is 1. The van der Waals surface area contributed by atoms with Gasteiger partial charge in [0, 0.05) is 24.4 Å². The minimum absolute atomic E-state index is 0.566. The summed E-state index contributed by atoms with van der Waals surface area (Å²) in [6.45, 7) is 2.84. The molecule has 0 amide bonds. The van der Waals surface area contributed by atoms with Crippen molar-refractivity contribution < 1.29 is 0 Å². The normalized spacial score (nSPS) is 27.0. The summed E-state index contributed by atoms with van der Waals surface area (Å²) >= 11 is 0. The van der Waals surface area contributed by atoms with E-state index in [0.717, 1.165) is 17.4 Å². The van der Waals surface area contributed by atoms with Crippen molar-refractivity contribution in [1.82, 2.24) is 9.97 Å². The molecule has 0 aromatic carbocycles. The van der Waals surface area contributed by atoms with Crippen LogP contribution in [0.2, 0.25) is 0 Å². The van der Waals surface area contributed by atoms with Crippen LogP contribution in [0.15, 0.2) is 6.20 Å². The van der Waals surface area contributed by atoms with Gasteiger partial charge in [0.15, 0.2) is 0 Å². The first-order chi connectivity index (χ1) is 6.83. The Balaban J connectivity index is 2.02. The third-order valence-electron chi connectivity index (χ3n) is 3.37. The summed E-state index contributed by atoms with van der Waals surface area (Å²) in [5.74, 6) is 2.72. The molecular formula is C11H19N3. The SMILES string of the molecule is CCC1CCC(c2ncc(CN)[nH]2)C1. The number of nitrogens with zero attached hydrogens (tertiary/aromatic N) is 1. The number of nitrogens with two attached hydrogens (primary N) is 1. The van der Waals surface area contributed by atoms with E-state index in [9.17, 15) is 0 Å². The Hall–Kier alpha value is -0.830. The molecule has 3 nitrogen and oxygen atoms in total. The number of imidazole rings is 1. The molecule has 3 N–H and O–H groups in total. The average Bonchev–Trinajstić information content (AvgIpc) is 2.86. The summed E-state index contributed by atoms with van der Waals surface area (Å²) in [5, 5.41) is 0. The summed E-state index contributed by atoms with van der Waals surface area (Å²) in [4.78, 5) is 7.72. The molecule has 1 aliphatic carbocycles. The maximum Gasteiger partial charge on any atom is 0.109 e. The Labute approximate surface area is 85.1 Å². The molecule has 0 radical (unpaired) electrons. The highest BCUT2D eigenvalue weighted by molar-refractivity contribution is 5.07. The molecule has 1 fully saturated rings. The van der Waals surface area contributed by atoms with E-state index < -0.39 is 0 Å². The Morgan fingerprint density at radius 1 is 1.57 bits per heavy atom. The molecule has 2 unspecified atom stereocenters. The van der Waals surface area contributed by atoms with Crippen molar-refractivity contribution in [2.24, 2.45) is 11.7 Å². The molecule has 0 bridgehead atoms. The van der Waals surface area contributed by atoms with Crippen LogP contribution < -0.4 is 5.73 Å². The van der Waals surface area contributed by atoms with Crippen LogP contribution in [-0.4, -0.2) is 9.97 Å². The predicted octanol–water partition coefficient (Wildman–Crippen LogP) is 2.16. The largest absolute Gasteiger partial charge is 0.345 e. The first-order valence-electron chi connectivity index (χ1n) is 5.57. The van der Waals surface area contributed by atoms with Gasteiger partial charge < -0.3 is 10.7 Å². The first kappa shape index (κ1) is 9.71. The second kappa shape index (κ2) is 4.13. The molecule has 2 atom stereocenters. The maximum atomic E-state index is 5.54. The molecule has 3 heteroatoms. The van der Waals surface area contributed by atoms with Crippen molar-refractivity contribution in [3.63, 3.8) is 0 Å². The quantitative estimate of drug-likeness (QED) is 0.773. The third kappa shape index (κ3) is 1.82. The van der Waals surface area contributed by atoms with Crippen LogP contribution in [0.5, 0.6) is 0 Å². The van der Waals surface area contributed by atoms with Gasteiger partial charge in [-0.15, -0.1) is 0 Å². The lowest BCUT2D eigenvalue weighted by molar-refractivity contribution is 0.517. The highest BCUT2D eigenvalue weighted by Crippen LogP contribution is 2.38. The van der Waals surface area contributed by atoms with Crippen LogP contribution in [0.4, 0.5) is 0 Å². The van der Waals surface area contributed by atoms with Gasteiger partial charge in [0.05, 0.1) is 0 Å². The van der Waals surface area contributed by atoms with Crippen LogP contribution in [-0.2, 0) is 6.54 Å². The molecular weight excluding hydrogens is 174 g/mol. The molecule has 1 aromatic rings. The number of aromatic amines is 1. The van der Waals surface area contributed by atoms with Gasteiger partial charge in [-0.25, -0.2) is 4.98 Å². The van der Waals surface area contributed by atoms with Crippen molar-refractivity contribution in [1.29, 1.82) is 0 Å². The van der Waals surface area contributed by atoms with Crippen LogP contribution in [0, 0.1) is 5.92 Å². The van der Waals surface area contributed by atoms with Crippen molar-refractivity contribution in [2.75, 3.05) is 0 Å². The summed E-state index contributed by atoms with van der Waals surface area (Å²) in [6.07, 6.45) is 7.12. The fourth-order valence-corrected chi connectivity index (χ4v) is 2.38. The number of hydrogen-bond donors (Lipinski definition) is 2. The van der Waals surface area contributed by atoms with Crippen LogP contribution >= 0.6 is 0 Å².